The van der Waals surface area contributed by atoms with Gasteiger partial charge in [-0.2, -0.15) is 0 Å². The Labute approximate surface area is 207 Å². The number of aliphatic hydroxyl groups excluding tert-OH is 1. The number of amides is 1. The highest BCUT2D eigenvalue weighted by Gasteiger charge is 2.47. The number of aryl methyl sites for hydroxylation is 1. The number of anilines is 1. The van der Waals surface area contributed by atoms with Gasteiger partial charge in [0.2, 0.25) is 6.79 Å². The molecule has 1 unspecified atom stereocenters. The Hall–Kier alpha value is -4.46. The molecule has 36 heavy (non-hydrogen) atoms. The maximum absolute atomic E-state index is 13.4. The van der Waals surface area contributed by atoms with Gasteiger partial charge in [0, 0.05) is 17.3 Å². The van der Waals surface area contributed by atoms with Crippen molar-refractivity contribution in [3.63, 3.8) is 0 Å². The van der Waals surface area contributed by atoms with Crippen molar-refractivity contribution in [2.24, 2.45) is 0 Å². The predicted molar refractivity (Wildman–Crippen MR) is 131 cm³/mol. The van der Waals surface area contributed by atoms with Gasteiger partial charge in [0.1, 0.15) is 19.0 Å². The van der Waals surface area contributed by atoms with Crippen molar-refractivity contribution < 1.29 is 33.6 Å². The Morgan fingerprint density at radius 2 is 1.53 bits per heavy atom. The van der Waals surface area contributed by atoms with E-state index >= 15 is 0 Å². The maximum Gasteiger partial charge on any atom is 0.300 e. The quantitative estimate of drug-likeness (QED) is 0.333. The maximum atomic E-state index is 13.4. The van der Waals surface area contributed by atoms with Gasteiger partial charge in [0.15, 0.2) is 23.0 Å². The van der Waals surface area contributed by atoms with Crippen LogP contribution in [0.25, 0.3) is 5.76 Å². The highest BCUT2D eigenvalue weighted by molar-refractivity contribution is 6.51. The number of carbonyl (C=O) groups is 2. The lowest BCUT2D eigenvalue weighted by molar-refractivity contribution is -0.132. The highest BCUT2D eigenvalue weighted by Crippen LogP contribution is 2.45. The largest absolute Gasteiger partial charge is 0.507 e. The van der Waals surface area contributed by atoms with Crippen LogP contribution < -0.4 is 23.8 Å². The Morgan fingerprint density at radius 3 is 2.31 bits per heavy atom. The average molecular weight is 485 g/mol. The second-order valence-electron chi connectivity index (χ2n) is 8.66. The second-order valence-corrected chi connectivity index (χ2v) is 8.66. The number of Topliss-reactive ketones (excluding diaryl/α,β-unsaturated/α-hetero) is 1. The summed E-state index contributed by atoms with van der Waals surface area (Å²) in [5, 5.41) is 11.4. The third kappa shape index (κ3) is 3.53. The van der Waals surface area contributed by atoms with Crippen LogP contribution in [0.1, 0.15) is 29.7 Å². The van der Waals surface area contributed by atoms with Crippen molar-refractivity contribution in [1.82, 2.24) is 0 Å². The molecule has 182 valence electrons. The molecule has 1 N–H and O–H groups in total. The first-order chi connectivity index (χ1) is 17.5. The molecule has 1 atom stereocenters. The number of benzene rings is 3. The molecule has 3 aliphatic rings. The summed E-state index contributed by atoms with van der Waals surface area (Å²) in [6.45, 7) is 2.96. The van der Waals surface area contributed by atoms with Gasteiger partial charge in [-0.3, -0.25) is 14.5 Å². The third-order valence-electron chi connectivity index (χ3n) is 6.60. The van der Waals surface area contributed by atoms with Crippen molar-refractivity contribution in [3.8, 4) is 23.0 Å². The molecule has 1 amide bonds. The lowest BCUT2D eigenvalue weighted by Gasteiger charge is -2.27. The molecule has 0 radical (unpaired) electrons. The van der Waals surface area contributed by atoms with E-state index in [4.69, 9.17) is 18.9 Å². The number of ketones is 1. The Balaban J connectivity index is 1.51. The fourth-order valence-corrected chi connectivity index (χ4v) is 4.73. The van der Waals surface area contributed by atoms with E-state index in [1.165, 1.54) is 4.90 Å². The SMILES string of the molecule is CCc1ccc(C2/C(=C(\O)c3ccc4c(c3)OCO4)C(=O)C(=O)N2c2ccc3c(c2)OCCO3)cc1. The van der Waals surface area contributed by atoms with E-state index in [1.54, 1.807) is 36.4 Å². The Morgan fingerprint density at radius 1 is 0.861 bits per heavy atom. The van der Waals surface area contributed by atoms with Gasteiger partial charge in [-0.1, -0.05) is 31.2 Å². The average Bonchev–Trinajstić information content (AvgIpc) is 3.50. The molecule has 1 fully saturated rings. The van der Waals surface area contributed by atoms with Crippen LogP contribution in [0.15, 0.2) is 66.2 Å². The molecule has 3 heterocycles. The number of hydrogen-bond acceptors (Lipinski definition) is 7. The van der Waals surface area contributed by atoms with Crippen molar-refractivity contribution in [2.45, 2.75) is 19.4 Å². The molecule has 0 bridgehead atoms. The highest BCUT2D eigenvalue weighted by atomic mass is 16.7. The summed E-state index contributed by atoms with van der Waals surface area (Å²) in [5.41, 5.74) is 2.64. The van der Waals surface area contributed by atoms with Gasteiger partial charge >= 0.3 is 0 Å². The number of nitrogens with zero attached hydrogens (tertiary/aromatic N) is 1. The number of fused-ring (bicyclic) bond motifs is 2. The van der Waals surface area contributed by atoms with E-state index in [0.29, 0.717) is 53.0 Å². The molecule has 3 aliphatic heterocycles. The van der Waals surface area contributed by atoms with E-state index in [9.17, 15) is 14.7 Å². The number of hydrogen-bond donors (Lipinski definition) is 1. The topological polar surface area (TPSA) is 94.5 Å². The van der Waals surface area contributed by atoms with Crippen LogP contribution in [0.4, 0.5) is 5.69 Å². The van der Waals surface area contributed by atoms with E-state index < -0.39 is 17.7 Å². The monoisotopic (exact) mass is 485 g/mol. The molecule has 3 aromatic rings. The lowest BCUT2D eigenvalue weighted by Crippen LogP contribution is -2.29. The molecule has 3 aromatic carbocycles. The summed E-state index contributed by atoms with van der Waals surface area (Å²) >= 11 is 0. The summed E-state index contributed by atoms with van der Waals surface area (Å²) in [5.74, 6) is 0.292. The molecule has 1 saturated heterocycles. The summed E-state index contributed by atoms with van der Waals surface area (Å²) in [6, 6.07) is 16.9. The standard InChI is InChI=1S/C28H23NO7/c1-2-16-3-5-17(6-4-16)25-24(26(30)18-7-9-21-22(13-18)36-15-35-21)27(31)28(32)29(25)19-8-10-20-23(14-19)34-12-11-33-20/h3-10,13-14,25,30H,2,11-12,15H2,1H3/b26-24+. The minimum Gasteiger partial charge on any atom is -0.507 e. The van der Waals surface area contributed by atoms with Gasteiger partial charge in [-0.05, 0) is 47.9 Å². The van der Waals surface area contributed by atoms with Crippen LogP contribution in [-0.4, -0.2) is 36.8 Å². The van der Waals surface area contributed by atoms with E-state index in [-0.39, 0.29) is 18.1 Å². The fourth-order valence-electron chi connectivity index (χ4n) is 4.73. The first-order valence-electron chi connectivity index (χ1n) is 11.7. The van der Waals surface area contributed by atoms with E-state index in [1.807, 2.05) is 24.3 Å². The molecule has 8 nitrogen and oxygen atoms in total. The molecular formula is C28H23NO7. The van der Waals surface area contributed by atoms with E-state index in [0.717, 1.165) is 12.0 Å². The summed E-state index contributed by atoms with van der Waals surface area (Å²) < 4.78 is 22.1. The van der Waals surface area contributed by atoms with Crippen molar-refractivity contribution in [2.75, 3.05) is 24.9 Å². The zero-order valence-electron chi connectivity index (χ0n) is 19.5. The second kappa shape index (κ2) is 8.64. The smallest absolute Gasteiger partial charge is 0.300 e. The van der Waals surface area contributed by atoms with Crippen LogP contribution in [0.5, 0.6) is 23.0 Å². The van der Waals surface area contributed by atoms with Crippen LogP contribution >= 0.6 is 0 Å². The molecule has 8 heteroatoms. The number of carbonyl (C=O) groups excluding carboxylic acids is 2. The molecule has 0 spiro atoms. The number of ether oxygens (including phenoxy) is 4. The molecule has 0 saturated carbocycles. The molecule has 6 rings (SSSR count). The third-order valence-corrected chi connectivity index (χ3v) is 6.60. The first-order valence-corrected chi connectivity index (χ1v) is 11.7. The molecule has 0 aromatic heterocycles. The summed E-state index contributed by atoms with van der Waals surface area (Å²) in [4.78, 5) is 28.2. The number of rotatable bonds is 4. The lowest BCUT2D eigenvalue weighted by atomic mass is 9.94. The first kappa shape index (κ1) is 22.0. The van der Waals surface area contributed by atoms with Crippen molar-refractivity contribution in [1.29, 1.82) is 0 Å². The Kier molecular flexibility index (Phi) is 5.29. The predicted octanol–water partition coefficient (Wildman–Crippen LogP) is 4.38. The van der Waals surface area contributed by atoms with Gasteiger partial charge in [-0.15, -0.1) is 0 Å². The zero-order valence-corrected chi connectivity index (χ0v) is 19.5. The van der Waals surface area contributed by atoms with Gasteiger partial charge in [-0.25, -0.2) is 0 Å². The minimum absolute atomic E-state index is 0.00185. The van der Waals surface area contributed by atoms with Crippen molar-refractivity contribution >= 4 is 23.1 Å². The summed E-state index contributed by atoms with van der Waals surface area (Å²) in [6.07, 6.45) is 0.847. The van der Waals surface area contributed by atoms with E-state index in [2.05, 4.69) is 6.92 Å². The van der Waals surface area contributed by atoms with Gasteiger partial charge in [0.25, 0.3) is 11.7 Å². The number of aliphatic hydroxyl groups is 1. The van der Waals surface area contributed by atoms with Crippen LogP contribution in [0.3, 0.4) is 0 Å². The fraction of sp³-hybridized carbons (Fsp3) is 0.214. The Bertz CT molecular complexity index is 1410. The van der Waals surface area contributed by atoms with Gasteiger partial charge < -0.3 is 24.1 Å². The molecular weight excluding hydrogens is 462 g/mol. The van der Waals surface area contributed by atoms with Crippen molar-refractivity contribution in [3.05, 3.63) is 82.9 Å². The van der Waals surface area contributed by atoms with Crippen LogP contribution in [0.2, 0.25) is 0 Å². The van der Waals surface area contributed by atoms with Crippen LogP contribution in [0, 0.1) is 0 Å². The summed E-state index contributed by atoms with van der Waals surface area (Å²) in [7, 11) is 0. The van der Waals surface area contributed by atoms with Gasteiger partial charge in [0.05, 0.1) is 11.6 Å². The van der Waals surface area contributed by atoms with Crippen LogP contribution in [-0.2, 0) is 16.0 Å². The normalized spacial score (nSPS) is 19.6. The molecule has 0 aliphatic carbocycles. The zero-order chi connectivity index (χ0) is 24.8. The minimum atomic E-state index is -0.844.